The standard InChI is InChI=1S/C44H50ClN13O6/c1-6-57-33(20-26(3)53-57)41(61)50-43-49-32-23-30(40(60)52-45)25-35(63-5)37(32)55(43)17-9-10-18-56-38-31(48-44(56)51-42(62)34-21-27(4)54-58(34)7-2)22-29(39(46)59)24-36(38)64-19-11-8-12-28-13-15-47-16-14-28/h9-10,20-25,28,47H,6-7,12-19H2,1-5H3,(H2,46,59)(H,52,60)(H,48,51,62)(H,49,50,61)/b10-9+. The Hall–Kier alpha value is -7.17. The summed E-state index contributed by atoms with van der Waals surface area (Å²) in [6.45, 7) is 10.6. The lowest BCUT2D eigenvalue weighted by Crippen LogP contribution is -2.27. The van der Waals surface area contributed by atoms with Crippen LogP contribution in [-0.4, -0.2) is 89.1 Å². The van der Waals surface area contributed by atoms with E-state index in [4.69, 9.17) is 37.0 Å². The van der Waals surface area contributed by atoms with E-state index in [1.54, 1.807) is 62.7 Å². The molecule has 0 aliphatic carbocycles. The summed E-state index contributed by atoms with van der Waals surface area (Å²) in [5.41, 5.74) is 9.86. The maximum Gasteiger partial charge on any atom is 0.276 e. The second-order valence-corrected chi connectivity index (χ2v) is 15.4. The molecule has 6 aromatic rings. The number of ether oxygens (including phenoxy) is 2. The summed E-state index contributed by atoms with van der Waals surface area (Å²) in [4.78, 5) is 64.3. The topological polar surface area (TPSA) is 232 Å². The number of methoxy groups -OCH3 is 1. The number of nitrogens with zero attached hydrogens (tertiary/aromatic N) is 8. The SMILES string of the molecule is CCn1nc(C)cc1C(=O)Nc1nc2cc(C(=O)NCl)cc(OC)c2n1C/C=C/Cn1c(NC(=O)c2cc(C)nn2CC)nc2cc(C(N)=O)cc(OCC#CCC3CCNCC3)c21. The number of halogens is 1. The van der Waals surface area contributed by atoms with Gasteiger partial charge < -0.3 is 29.7 Å². The third kappa shape index (κ3) is 9.72. The predicted octanol–water partition coefficient (Wildman–Crippen LogP) is 4.96. The van der Waals surface area contributed by atoms with E-state index in [1.165, 1.54) is 13.2 Å². The number of primary amides is 1. The van der Waals surface area contributed by atoms with Crippen molar-refractivity contribution in [2.24, 2.45) is 11.7 Å². The lowest BCUT2D eigenvalue weighted by atomic mass is 9.95. The molecule has 1 aliphatic heterocycles. The molecule has 1 saturated heterocycles. The van der Waals surface area contributed by atoms with Gasteiger partial charge in [-0.15, -0.1) is 0 Å². The van der Waals surface area contributed by atoms with Gasteiger partial charge in [0.15, 0.2) is 0 Å². The fourth-order valence-corrected chi connectivity index (χ4v) is 7.81. The smallest absolute Gasteiger partial charge is 0.276 e. The summed E-state index contributed by atoms with van der Waals surface area (Å²) in [7, 11) is 1.46. The van der Waals surface area contributed by atoms with Crippen LogP contribution in [0.25, 0.3) is 22.1 Å². The Balaban J connectivity index is 1.26. The molecule has 334 valence electrons. The first-order valence-corrected chi connectivity index (χ1v) is 21.3. The number of rotatable bonds is 16. The molecule has 1 aliphatic rings. The zero-order valence-corrected chi connectivity index (χ0v) is 37.0. The van der Waals surface area contributed by atoms with Gasteiger partial charge in [0, 0.05) is 55.5 Å². The molecule has 0 spiro atoms. The van der Waals surface area contributed by atoms with Crippen LogP contribution in [0.3, 0.4) is 0 Å². The average Bonchev–Trinajstić information content (AvgIpc) is 4.06. The molecule has 0 saturated carbocycles. The summed E-state index contributed by atoms with van der Waals surface area (Å²) in [5, 5.41) is 18.1. The average molecular weight is 892 g/mol. The zero-order chi connectivity index (χ0) is 45.5. The number of hydrogen-bond donors (Lipinski definition) is 5. The molecule has 0 radical (unpaired) electrons. The molecule has 0 atom stereocenters. The van der Waals surface area contributed by atoms with E-state index >= 15 is 0 Å². The van der Waals surface area contributed by atoms with Gasteiger partial charge in [-0.05, 0) is 95.9 Å². The summed E-state index contributed by atoms with van der Waals surface area (Å²) >= 11 is 5.67. The predicted molar refractivity (Wildman–Crippen MR) is 242 cm³/mol. The molecule has 7 rings (SSSR count). The number of imidazole rings is 2. The number of aryl methyl sites for hydroxylation is 4. The Morgan fingerprint density at radius 2 is 1.33 bits per heavy atom. The van der Waals surface area contributed by atoms with Gasteiger partial charge in [-0.25, -0.2) is 9.97 Å². The van der Waals surface area contributed by atoms with Crippen LogP contribution < -0.4 is 36.0 Å². The second-order valence-electron chi connectivity index (χ2n) is 15.2. The molecule has 4 aromatic heterocycles. The molecule has 1 fully saturated rings. The van der Waals surface area contributed by atoms with E-state index in [0.29, 0.717) is 75.3 Å². The van der Waals surface area contributed by atoms with Crippen molar-refractivity contribution in [3.05, 3.63) is 82.5 Å². The van der Waals surface area contributed by atoms with Crippen molar-refractivity contribution < 1.29 is 28.7 Å². The van der Waals surface area contributed by atoms with Gasteiger partial charge >= 0.3 is 0 Å². The molecule has 4 amide bonds. The van der Waals surface area contributed by atoms with Crippen LogP contribution in [0.2, 0.25) is 0 Å². The monoisotopic (exact) mass is 891 g/mol. The van der Waals surface area contributed by atoms with Crippen LogP contribution in [-0.2, 0) is 26.2 Å². The van der Waals surface area contributed by atoms with Crippen molar-refractivity contribution >= 4 is 69.4 Å². The third-order valence-electron chi connectivity index (χ3n) is 10.8. The normalized spacial score (nSPS) is 13.0. The molecule has 2 aromatic carbocycles. The first-order valence-electron chi connectivity index (χ1n) is 20.9. The van der Waals surface area contributed by atoms with E-state index in [0.717, 1.165) is 32.4 Å². The first-order chi connectivity index (χ1) is 30.9. The van der Waals surface area contributed by atoms with E-state index < -0.39 is 23.6 Å². The molecule has 19 nitrogen and oxygen atoms in total. The fourth-order valence-electron chi connectivity index (χ4n) is 7.70. The van der Waals surface area contributed by atoms with Crippen LogP contribution in [0.15, 0.2) is 48.6 Å². The Morgan fingerprint density at radius 1 is 0.797 bits per heavy atom. The number of piperidine rings is 1. The van der Waals surface area contributed by atoms with Crippen molar-refractivity contribution in [3.63, 3.8) is 0 Å². The number of carbonyl (C=O) groups excluding carboxylic acids is 4. The number of nitrogens with two attached hydrogens (primary N) is 1. The van der Waals surface area contributed by atoms with Gasteiger partial charge in [0.25, 0.3) is 17.7 Å². The molecular weight excluding hydrogens is 842 g/mol. The fraction of sp³-hybridized carbons (Fsp3) is 0.364. The highest BCUT2D eigenvalue weighted by atomic mass is 35.5. The van der Waals surface area contributed by atoms with Crippen molar-refractivity contribution in [1.82, 2.24) is 48.8 Å². The quantitative estimate of drug-likeness (QED) is 0.0495. The highest BCUT2D eigenvalue weighted by Crippen LogP contribution is 2.33. The molecule has 5 heterocycles. The van der Waals surface area contributed by atoms with Crippen molar-refractivity contribution in [2.75, 3.05) is 37.4 Å². The molecular formula is C44H50ClN13O6. The Kier molecular flexibility index (Phi) is 14.0. The van der Waals surface area contributed by atoms with Gasteiger partial charge in [0.05, 0.1) is 29.5 Å². The molecule has 6 N–H and O–H groups in total. The largest absolute Gasteiger partial charge is 0.494 e. The van der Waals surface area contributed by atoms with Gasteiger partial charge in [-0.3, -0.25) is 44.0 Å². The number of hydrogen-bond acceptors (Lipinski definition) is 11. The number of benzene rings is 2. The van der Waals surface area contributed by atoms with Gasteiger partial charge in [0.2, 0.25) is 17.8 Å². The number of aromatic nitrogens is 8. The van der Waals surface area contributed by atoms with Crippen molar-refractivity contribution in [2.45, 2.75) is 73.1 Å². The molecule has 0 unspecified atom stereocenters. The maximum atomic E-state index is 13.8. The highest BCUT2D eigenvalue weighted by Gasteiger charge is 2.24. The number of fused-ring (bicyclic) bond motifs is 2. The molecule has 64 heavy (non-hydrogen) atoms. The minimum Gasteiger partial charge on any atom is -0.494 e. The number of nitrogens with one attached hydrogen (secondary N) is 4. The van der Waals surface area contributed by atoms with E-state index in [1.807, 2.05) is 26.0 Å². The van der Waals surface area contributed by atoms with Crippen LogP contribution in [0.1, 0.15) is 86.2 Å². The highest BCUT2D eigenvalue weighted by molar-refractivity contribution is 6.24. The lowest BCUT2D eigenvalue weighted by Gasteiger charge is -2.20. The van der Waals surface area contributed by atoms with E-state index in [-0.39, 0.29) is 42.7 Å². The lowest BCUT2D eigenvalue weighted by molar-refractivity contribution is 0.0977. The summed E-state index contributed by atoms with van der Waals surface area (Å²) in [6.07, 6.45) is 6.57. The number of allylic oxidation sites excluding steroid dienone is 2. The minimum atomic E-state index is -0.679. The number of anilines is 2. The maximum absolute atomic E-state index is 13.8. The summed E-state index contributed by atoms with van der Waals surface area (Å²) in [6, 6.07) is 9.55. The zero-order valence-electron chi connectivity index (χ0n) is 36.2. The van der Waals surface area contributed by atoms with Crippen molar-refractivity contribution in [3.8, 4) is 23.3 Å². The summed E-state index contributed by atoms with van der Waals surface area (Å²) < 4.78 is 18.7. The second kappa shape index (κ2) is 19.9. The van der Waals surface area contributed by atoms with Crippen LogP contribution in [0, 0.1) is 31.6 Å². The van der Waals surface area contributed by atoms with E-state index in [2.05, 4.69) is 42.8 Å². The van der Waals surface area contributed by atoms with Crippen LogP contribution in [0.4, 0.5) is 11.9 Å². The third-order valence-corrected chi connectivity index (χ3v) is 11.0. The van der Waals surface area contributed by atoms with Crippen LogP contribution in [0.5, 0.6) is 11.5 Å². The summed E-state index contributed by atoms with van der Waals surface area (Å²) in [5.74, 6) is 5.70. The van der Waals surface area contributed by atoms with E-state index in [9.17, 15) is 19.2 Å². The van der Waals surface area contributed by atoms with Crippen molar-refractivity contribution in [1.29, 1.82) is 0 Å². The Bertz CT molecular complexity index is 2840. The molecule has 20 heteroatoms. The van der Waals surface area contributed by atoms with Gasteiger partial charge in [0.1, 0.15) is 40.5 Å². The van der Waals surface area contributed by atoms with Gasteiger partial charge in [-0.2, -0.15) is 10.2 Å². The van der Waals surface area contributed by atoms with Crippen LogP contribution >= 0.6 is 11.8 Å². The van der Waals surface area contributed by atoms with Gasteiger partial charge in [-0.1, -0.05) is 24.0 Å². The Labute approximate surface area is 373 Å². The number of amides is 4. The molecule has 0 bridgehead atoms. The minimum absolute atomic E-state index is 0.0386. The Morgan fingerprint density at radius 3 is 1.84 bits per heavy atom. The number of carbonyl (C=O) groups is 4. The first kappa shape index (κ1) is 44.9.